The van der Waals surface area contributed by atoms with Crippen molar-refractivity contribution >= 4 is 17.7 Å². The van der Waals surface area contributed by atoms with Gasteiger partial charge in [-0.3, -0.25) is 4.79 Å². The van der Waals surface area contributed by atoms with E-state index in [1.165, 1.54) is 0 Å². The van der Waals surface area contributed by atoms with Crippen molar-refractivity contribution in [2.24, 2.45) is 0 Å². The van der Waals surface area contributed by atoms with Crippen molar-refractivity contribution in [1.82, 2.24) is 5.32 Å². The van der Waals surface area contributed by atoms with Crippen molar-refractivity contribution in [2.45, 2.75) is 38.6 Å². The molecule has 0 saturated carbocycles. The Labute approximate surface area is 115 Å². The van der Waals surface area contributed by atoms with E-state index < -0.39 is 5.54 Å². The molecule has 5 heteroatoms. The molecule has 0 fully saturated rings. The number of likely N-dealkylation sites (N-methyl/N-ethyl adjacent to an activating group) is 1. The number of carbonyl (C=O) groups is 1. The van der Waals surface area contributed by atoms with Crippen LogP contribution in [0, 0.1) is 0 Å². The van der Waals surface area contributed by atoms with Gasteiger partial charge in [-0.1, -0.05) is 6.42 Å². The Hall–Kier alpha value is -0.260. The Morgan fingerprint density at radius 2 is 2.06 bits per heavy atom. The minimum Gasteiger partial charge on any atom is -0.465 e. The number of esters is 1. The molecule has 0 bridgehead atoms. The monoisotopic (exact) mass is 277 g/mol. The summed E-state index contributed by atoms with van der Waals surface area (Å²) in [7, 11) is 3.53. The van der Waals surface area contributed by atoms with Gasteiger partial charge in [-0.25, -0.2) is 0 Å². The van der Waals surface area contributed by atoms with Crippen LogP contribution >= 0.6 is 11.8 Å². The molecule has 0 radical (unpaired) electrons. The minimum absolute atomic E-state index is 0.153. The van der Waals surface area contributed by atoms with Gasteiger partial charge in [-0.15, -0.1) is 0 Å². The van der Waals surface area contributed by atoms with E-state index in [0.717, 1.165) is 37.4 Å². The molecule has 0 aliphatic heterocycles. The summed E-state index contributed by atoms with van der Waals surface area (Å²) in [4.78, 5) is 11.8. The predicted octanol–water partition coefficient (Wildman–Crippen LogP) is 2.08. The van der Waals surface area contributed by atoms with Gasteiger partial charge in [-0.05, 0) is 39.5 Å². The number of carbonyl (C=O) groups excluding carboxylic acids is 1. The quantitative estimate of drug-likeness (QED) is 0.463. The van der Waals surface area contributed by atoms with Crippen molar-refractivity contribution in [3.8, 4) is 0 Å². The van der Waals surface area contributed by atoms with Crippen molar-refractivity contribution in [1.29, 1.82) is 0 Å². The van der Waals surface area contributed by atoms with E-state index in [9.17, 15) is 4.79 Å². The molecule has 0 rings (SSSR count). The SMILES string of the molecule is CCOC(=O)C(C)(CCCCSCCOC)NC. The van der Waals surface area contributed by atoms with Crippen molar-refractivity contribution in [3.05, 3.63) is 0 Å². The Balaban J connectivity index is 3.76. The number of hydrogen-bond donors (Lipinski definition) is 1. The largest absolute Gasteiger partial charge is 0.465 e. The van der Waals surface area contributed by atoms with Gasteiger partial charge in [0.25, 0.3) is 0 Å². The molecule has 108 valence electrons. The molecule has 0 aromatic heterocycles. The zero-order valence-electron chi connectivity index (χ0n) is 12.1. The molecule has 0 aliphatic carbocycles. The summed E-state index contributed by atoms with van der Waals surface area (Å²) in [6, 6.07) is 0. The normalized spacial score (nSPS) is 14.2. The summed E-state index contributed by atoms with van der Waals surface area (Å²) in [6.45, 7) is 4.98. The van der Waals surface area contributed by atoms with E-state index in [1.54, 1.807) is 7.11 Å². The zero-order chi connectivity index (χ0) is 13.9. The van der Waals surface area contributed by atoms with Gasteiger partial charge in [0.05, 0.1) is 13.2 Å². The molecule has 0 aromatic rings. The number of nitrogens with one attached hydrogen (secondary N) is 1. The van der Waals surface area contributed by atoms with Crippen LogP contribution in [-0.2, 0) is 14.3 Å². The fourth-order valence-corrected chi connectivity index (χ4v) is 2.44. The zero-order valence-corrected chi connectivity index (χ0v) is 12.9. The highest BCUT2D eigenvalue weighted by molar-refractivity contribution is 7.99. The Kier molecular flexibility index (Phi) is 10.5. The van der Waals surface area contributed by atoms with E-state index in [0.29, 0.717) is 6.61 Å². The van der Waals surface area contributed by atoms with E-state index >= 15 is 0 Å². The third kappa shape index (κ3) is 7.24. The van der Waals surface area contributed by atoms with Crippen LogP contribution in [0.5, 0.6) is 0 Å². The summed E-state index contributed by atoms with van der Waals surface area (Å²) in [5, 5.41) is 3.07. The van der Waals surface area contributed by atoms with Crippen LogP contribution in [-0.4, -0.2) is 50.4 Å². The molecule has 18 heavy (non-hydrogen) atoms. The highest BCUT2D eigenvalue weighted by atomic mass is 32.2. The van der Waals surface area contributed by atoms with Crippen LogP contribution in [0.15, 0.2) is 0 Å². The smallest absolute Gasteiger partial charge is 0.326 e. The Morgan fingerprint density at radius 3 is 2.61 bits per heavy atom. The van der Waals surface area contributed by atoms with Gasteiger partial charge in [0.1, 0.15) is 5.54 Å². The van der Waals surface area contributed by atoms with Crippen LogP contribution in [0.2, 0.25) is 0 Å². The molecule has 1 unspecified atom stereocenters. The lowest BCUT2D eigenvalue weighted by Gasteiger charge is -2.26. The van der Waals surface area contributed by atoms with Crippen LogP contribution in [0.4, 0.5) is 0 Å². The molecule has 1 N–H and O–H groups in total. The standard InChI is InChI=1S/C13H27NO3S/c1-5-17-12(15)13(2,14-3)8-6-7-10-18-11-9-16-4/h14H,5-11H2,1-4H3. The third-order valence-corrected chi connectivity index (χ3v) is 3.96. The summed E-state index contributed by atoms with van der Waals surface area (Å²) >= 11 is 1.89. The van der Waals surface area contributed by atoms with E-state index in [1.807, 2.05) is 32.7 Å². The molecule has 0 spiro atoms. The van der Waals surface area contributed by atoms with Crippen molar-refractivity contribution in [2.75, 3.05) is 38.9 Å². The maximum Gasteiger partial charge on any atom is 0.326 e. The number of thioether (sulfide) groups is 1. The second-order valence-electron chi connectivity index (χ2n) is 4.36. The minimum atomic E-state index is -0.548. The topological polar surface area (TPSA) is 47.6 Å². The van der Waals surface area contributed by atoms with Crippen molar-refractivity contribution < 1.29 is 14.3 Å². The maximum atomic E-state index is 11.8. The van der Waals surface area contributed by atoms with E-state index in [2.05, 4.69) is 5.32 Å². The lowest BCUT2D eigenvalue weighted by Crippen LogP contribution is -2.48. The summed E-state index contributed by atoms with van der Waals surface area (Å²) in [5.74, 6) is 2.00. The average molecular weight is 277 g/mol. The second kappa shape index (κ2) is 10.6. The Bertz CT molecular complexity index is 226. The predicted molar refractivity (Wildman–Crippen MR) is 77.1 cm³/mol. The van der Waals surface area contributed by atoms with E-state index in [4.69, 9.17) is 9.47 Å². The molecule has 0 saturated heterocycles. The first kappa shape index (κ1) is 17.7. The molecular formula is C13H27NO3S. The van der Waals surface area contributed by atoms with Crippen LogP contribution < -0.4 is 5.32 Å². The molecule has 1 atom stereocenters. The number of ether oxygens (including phenoxy) is 2. The van der Waals surface area contributed by atoms with Crippen molar-refractivity contribution in [3.63, 3.8) is 0 Å². The molecule has 0 aliphatic rings. The molecule has 4 nitrogen and oxygen atoms in total. The van der Waals surface area contributed by atoms with Gasteiger partial charge >= 0.3 is 5.97 Å². The number of hydrogen-bond acceptors (Lipinski definition) is 5. The fourth-order valence-electron chi connectivity index (χ4n) is 1.55. The average Bonchev–Trinajstić information content (AvgIpc) is 2.37. The summed E-state index contributed by atoms with van der Waals surface area (Å²) < 4.78 is 10.1. The summed E-state index contributed by atoms with van der Waals surface area (Å²) in [5.41, 5.74) is -0.548. The van der Waals surface area contributed by atoms with Crippen LogP contribution in [0.25, 0.3) is 0 Å². The third-order valence-electron chi connectivity index (χ3n) is 2.92. The number of rotatable bonds is 11. The van der Waals surface area contributed by atoms with E-state index in [-0.39, 0.29) is 5.97 Å². The first-order valence-electron chi connectivity index (χ1n) is 6.53. The first-order chi connectivity index (χ1) is 8.60. The van der Waals surface area contributed by atoms with Gasteiger partial charge < -0.3 is 14.8 Å². The Morgan fingerprint density at radius 1 is 1.33 bits per heavy atom. The first-order valence-corrected chi connectivity index (χ1v) is 7.69. The lowest BCUT2D eigenvalue weighted by atomic mass is 9.95. The molecule has 0 aromatic carbocycles. The molecule has 0 heterocycles. The van der Waals surface area contributed by atoms with Gasteiger partial charge in [0.15, 0.2) is 0 Å². The number of methoxy groups -OCH3 is 1. The summed E-state index contributed by atoms with van der Waals surface area (Å²) in [6.07, 6.45) is 2.95. The second-order valence-corrected chi connectivity index (χ2v) is 5.59. The van der Waals surface area contributed by atoms with Gasteiger partial charge in [0, 0.05) is 12.9 Å². The lowest BCUT2D eigenvalue weighted by molar-refractivity contribution is -0.150. The molecular weight excluding hydrogens is 250 g/mol. The fraction of sp³-hybridized carbons (Fsp3) is 0.923. The van der Waals surface area contributed by atoms with Gasteiger partial charge in [-0.2, -0.15) is 11.8 Å². The molecule has 0 amide bonds. The highest BCUT2D eigenvalue weighted by Crippen LogP contribution is 2.17. The van der Waals surface area contributed by atoms with Crippen LogP contribution in [0.3, 0.4) is 0 Å². The van der Waals surface area contributed by atoms with Crippen LogP contribution in [0.1, 0.15) is 33.1 Å². The van der Waals surface area contributed by atoms with Gasteiger partial charge in [0.2, 0.25) is 0 Å². The highest BCUT2D eigenvalue weighted by Gasteiger charge is 2.31. The number of unbranched alkanes of at least 4 members (excludes halogenated alkanes) is 1. The maximum absolute atomic E-state index is 11.8.